The Hall–Kier alpha value is -3.70. The van der Waals surface area contributed by atoms with E-state index in [2.05, 4.69) is 47.4 Å². The molecule has 0 bridgehead atoms. The molecule has 2 heterocycles. The van der Waals surface area contributed by atoms with E-state index in [0.717, 1.165) is 40.9 Å². The van der Waals surface area contributed by atoms with E-state index in [1.165, 1.54) is 24.5 Å². The standard InChI is InChI=1S/C27H26N4O/c1-2-32-23-17-19(13-16-28)18-31-25(21-7-4-3-5-8-21)24(30-26(23)31)20-9-11-22(12-10-20)27(29)14-6-15-27/h2-5,7-12,16-18,28H,1,6,13-15,29H2. The van der Waals surface area contributed by atoms with Crippen LogP contribution in [0.2, 0.25) is 0 Å². The number of fused-ring (bicyclic) bond motifs is 1. The fourth-order valence-electron chi connectivity index (χ4n) is 4.45. The number of ether oxygens (including phenoxy) is 1. The van der Waals surface area contributed by atoms with Gasteiger partial charge in [-0.15, -0.1) is 0 Å². The topological polar surface area (TPSA) is 76.4 Å². The summed E-state index contributed by atoms with van der Waals surface area (Å²) in [6, 6.07) is 20.6. The second-order valence-corrected chi connectivity index (χ2v) is 8.36. The summed E-state index contributed by atoms with van der Waals surface area (Å²) in [5.41, 5.74) is 13.2. The van der Waals surface area contributed by atoms with E-state index in [9.17, 15) is 0 Å². The maximum atomic E-state index is 7.55. The van der Waals surface area contributed by atoms with Crippen molar-refractivity contribution in [2.75, 3.05) is 0 Å². The van der Waals surface area contributed by atoms with Crippen molar-refractivity contribution in [1.29, 1.82) is 5.41 Å². The molecule has 0 saturated heterocycles. The summed E-state index contributed by atoms with van der Waals surface area (Å²) in [6.07, 6.45) is 8.61. The van der Waals surface area contributed by atoms with Crippen LogP contribution in [-0.4, -0.2) is 15.6 Å². The number of nitrogens with one attached hydrogen (secondary N) is 1. The molecular formula is C27H26N4O. The Balaban J connectivity index is 1.73. The Morgan fingerprint density at radius 3 is 2.47 bits per heavy atom. The van der Waals surface area contributed by atoms with Crippen molar-refractivity contribution in [1.82, 2.24) is 9.38 Å². The van der Waals surface area contributed by atoms with Gasteiger partial charge in [0.05, 0.1) is 17.6 Å². The summed E-state index contributed by atoms with van der Waals surface area (Å²) in [6.45, 7) is 3.71. The van der Waals surface area contributed by atoms with E-state index in [4.69, 9.17) is 20.9 Å². The highest BCUT2D eigenvalue weighted by atomic mass is 16.5. The Morgan fingerprint density at radius 2 is 1.84 bits per heavy atom. The Labute approximate surface area is 187 Å². The minimum atomic E-state index is -0.188. The summed E-state index contributed by atoms with van der Waals surface area (Å²) in [5.74, 6) is 0.620. The number of nitrogens with two attached hydrogens (primary N) is 1. The van der Waals surface area contributed by atoms with Crippen LogP contribution in [0.25, 0.3) is 28.2 Å². The molecule has 1 aliphatic rings. The highest BCUT2D eigenvalue weighted by molar-refractivity contribution is 5.83. The molecule has 0 aliphatic heterocycles. The normalized spacial score (nSPS) is 14.7. The van der Waals surface area contributed by atoms with Crippen molar-refractivity contribution in [2.24, 2.45) is 5.73 Å². The third-order valence-electron chi connectivity index (χ3n) is 6.32. The van der Waals surface area contributed by atoms with E-state index in [-0.39, 0.29) is 5.54 Å². The van der Waals surface area contributed by atoms with Crippen molar-refractivity contribution in [3.63, 3.8) is 0 Å². The first-order valence-electron chi connectivity index (χ1n) is 10.9. The van der Waals surface area contributed by atoms with Crippen LogP contribution < -0.4 is 10.5 Å². The van der Waals surface area contributed by atoms with Gasteiger partial charge in [0.2, 0.25) is 0 Å². The average molecular weight is 423 g/mol. The molecule has 5 heteroatoms. The van der Waals surface area contributed by atoms with Gasteiger partial charge in [-0.05, 0) is 42.7 Å². The molecule has 0 spiro atoms. The number of rotatable bonds is 7. The van der Waals surface area contributed by atoms with Gasteiger partial charge in [-0.25, -0.2) is 4.98 Å². The van der Waals surface area contributed by atoms with E-state index < -0.39 is 0 Å². The summed E-state index contributed by atoms with van der Waals surface area (Å²) in [7, 11) is 0. The highest BCUT2D eigenvalue weighted by Gasteiger charge is 2.34. The first kappa shape index (κ1) is 20.2. The zero-order chi connectivity index (χ0) is 22.1. The smallest absolute Gasteiger partial charge is 0.181 e. The minimum absolute atomic E-state index is 0.188. The van der Waals surface area contributed by atoms with Gasteiger partial charge in [0.25, 0.3) is 0 Å². The monoisotopic (exact) mass is 422 g/mol. The molecule has 1 saturated carbocycles. The van der Waals surface area contributed by atoms with Crippen LogP contribution in [0.5, 0.6) is 5.75 Å². The fraction of sp³-hybridized carbons (Fsp3) is 0.185. The Bertz CT molecular complexity index is 1280. The summed E-state index contributed by atoms with van der Waals surface area (Å²) in [5, 5.41) is 7.55. The molecule has 32 heavy (non-hydrogen) atoms. The van der Waals surface area contributed by atoms with Crippen molar-refractivity contribution >= 4 is 11.9 Å². The van der Waals surface area contributed by atoms with E-state index in [0.29, 0.717) is 17.8 Å². The van der Waals surface area contributed by atoms with Crippen LogP contribution in [-0.2, 0) is 12.0 Å². The number of nitrogens with zero attached hydrogens (tertiary/aromatic N) is 2. The Kier molecular flexibility index (Phi) is 5.11. The van der Waals surface area contributed by atoms with Crippen LogP contribution in [0.15, 0.2) is 79.7 Å². The minimum Gasteiger partial charge on any atom is -0.462 e. The van der Waals surface area contributed by atoms with Gasteiger partial charge in [-0.2, -0.15) is 0 Å². The molecule has 3 N–H and O–H groups in total. The number of benzene rings is 2. The highest BCUT2D eigenvalue weighted by Crippen LogP contribution is 2.40. The molecule has 0 atom stereocenters. The predicted molar refractivity (Wildman–Crippen MR) is 129 cm³/mol. The lowest BCUT2D eigenvalue weighted by molar-refractivity contribution is 0.253. The second kappa shape index (κ2) is 8.09. The SMILES string of the molecule is C=COc1cc(CC=N)cn2c(-c3ccccc3)c(-c3ccc(C4(N)CCC4)cc3)nc12. The van der Waals surface area contributed by atoms with Crippen LogP contribution >= 0.6 is 0 Å². The molecule has 4 aromatic rings. The summed E-state index contributed by atoms with van der Waals surface area (Å²) >= 11 is 0. The largest absolute Gasteiger partial charge is 0.462 e. The number of imidazole rings is 1. The lowest BCUT2D eigenvalue weighted by Crippen LogP contribution is -2.43. The van der Waals surface area contributed by atoms with E-state index in [1.807, 2.05) is 30.5 Å². The molecule has 160 valence electrons. The maximum Gasteiger partial charge on any atom is 0.181 e. The predicted octanol–water partition coefficient (Wildman–Crippen LogP) is 5.72. The first-order chi connectivity index (χ1) is 15.6. The van der Waals surface area contributed by atoms with Crippen molar-refractivity contribution in [3.8, 4) is 28.3 Å². The number of aromatic nitrogens is 2. The van der Waals surface area contributed by atoms with Crippen molar-refractivity contribution in [3.05, 3.63) is 90.8 Å². The number of pyridine rings is 1. The fourth-order valence-corrected chi connectivity index (χ4v) is 4.45. The van der Waals surface area contributed by atoms with Gasteiger partial charge < -0.3 is 15.9 Å². The molecular weight excluding hydrogens is 396 g/mol. The van der Waals surface area contributed by atoms with Gasteiger partial charge in [-0.3, -0.25) is 4.40 Å². The number of hydrogen-bond donors (Lipinski definition) is 2. The van der Waals surface area contributed by atoms with E-state index in [1.54, 1.807) is 0 Å². The molecule has 0 amide bonds. The molecule has 2 aromatic carbocycles. The second-order valence-electron chi connectivity index (χ2n) is 8.36. The third-order valence-corrected chi connectivity index (χ3v) is 6.32. The van der Waals surface area contributed by atoms with Gasteiger partial charge in [0.15, 0.2) is 11.4 Å². The van der Waals surface area contributed by atoms with Crippen LogP contribution in [0.4, 0.5) is 0 Å². The van der Waals surface area contributed by atoms with Gasteiger partial charge >= 0.3 is 0 Å². The van der Waals surface area contributed by atoms with Crippen LogP contribution in [0.1, 0.15) is 30.4 Å². The molecule has 1 fully saturated rings. The first-order valence-corrected chi connectivity index (χ1v) is 10.9. The third kappa shape index (κ3) is 3.41. The number of hydrogen-bond acceptors (Lipinski definition) is 4. The van der Waals surface area contributed by atoms with Crippen LogP contribution in [0.3, 0.4) is 0 Å². The van der Waals surface area contributed by atoms with Gasteiger partial charge in [-0.1, -0.05) is 61.2 Å². The molecule has 1 aliphatic carbocycles. The molecule has 2 aromatic heterocycles. The average Bonchev–Trinajstić information content (AvgIpc) is 3.18. The zero-order valence-electron chi connectivity index (χ0n) is 17.9. The van der Waals surface area contributed by atoms with Gasteiger partial charge in [0.1, 0.15) is 0 Å². The molecule has 5 nitrogen and oxygen atoms in total. The van der Waals surface area contributed by atoms with Gasteiger partial charge in [0, 0.05) is 29.3 Å². The lowest BCUT2D eigenvalue weighted by Gasteiger charge is -2.38. The zero-order valence-corrected chi connectivity index (χ0v) is 17.9. The van der Waals surface area contributed by atoms with Crippen molar-refractivity contribution in [2.45, 2.75) is 31.2 Å². The summed E-state index contributed by atoms with van der Waals surface area (Å²) in [4.78, 5) is 5.01. The molecule has 5 rings (SSSR count). The maximum absolute atomic E-state index is 7.55. The molecule has 0 unspecified atom stereocenters. The van der Waals surface area contributed by atoms with Crippen LogP contribution in [0, 0.1) is 5.41 Å². The van der Waals surface area contributed by atoms with Crippen molar-refractivity contribution < 1.29 is 4.74 Å². The van der Waals surface area contributed by atoms with E-state index >= 15 is 0 Å². The quantitative estimate of drug-likeness (QED) is 0.295. The Morgan fingerprint density at radius 1 is 1.09 bits per heavy atom. The summed E-state index contributed by atoms with van der Waals surface area (Å²) < 4.78 is 7.78. The molecule has 0 radical (unpaired) electrons. The lowest BCUT2D eigenvalue weighted by atomic mass is 9.72.